The van der Waals surface area contributed by atoms with Gasteiger partial charge in [0.05, 0.1) is 0 Å². The summed E-state index contributed by atoms with van der Waals surface area (Å²) < 4.78 is 0. The molecule has 18 heavy (non-hydrogen) atoms. The predicted molar refractivity (Wildman–Crippen MR) is 75.9 cm³/mol. The molecule has 0 amide bonds. The number of hydrogen-bond donors (Lipinski definition) is 1. The Morgan fingerprint density at radius 1 is 1.50 bits per heavy atom. The van der Waals surface area contributed by atoms with E-state index in [1.165, 1.54) is 18.4 Å². The highest BCUT2D eigenvalue weighted by Gasteiger charge is 2.27. The molecule has 1 N–H and O–H groups in total. The Kier molecular flexibility index (Phi) is 4.55. The monoisotopic (exact) mass is 248 g/mol. The third-order valence-corrected chi connectivity index (χ3v) is 3.46. The van der Waals surface area contributed by atoms with Gasteiger partial charge in [0.1, 0.15) is 5.82 Å². The van der Waals surface area contributed by atoms with Crippen LogP contribution in [0.4, 0.5) is 5.82 Å². The summed E-state index contributed by atoms with van der Waals surface area (Å²) in [5.74, 6) is 1.16. The zero-order chi connectivity index (χ0) is 13.0. The van der Waals surface area contributed by atoms with Gasteiger partial charge in [-0.1, -0.05) is 6.07 Å². The highest BCUT2D eigenvalue weighted by Crippen LogP contribution is 2.26. The zero-order valence-corrected chi connectivity index (χ0v) is 11.7. The topological polar surface area (TPSA) is 31.4 Å². The van der Waals surface area contributed by atoms with Crippen LogP contribution in [0.2, 0.25) is 0 Å². The molecule has 0 saturated carbocycles. The summed E-state index contributed by atoms with van der Waals surface area (Å²) in [7, 11) is 6.27. The van der Waals surface area contributed by atoms with Crippen LogP contribution in [-0.2, 0) is 6.54 Å². The molecule has 4 heteroatoms. The van der Waals surface area contributed by atoms with E-state index in [1.807, 2.05) is 19.3 Å². The fourth-order valence-corrected chi connectivity index (χ4v) is 2.74. The first kappa shape index (κ1) is 13.3. The second-order valence-electron chi connectivity index (χ2n) is 5.27. The average Bonchev–Trinajstić information content (AvgIpc) is 2.77. The van der Waals surface area contributed by atoms with Crippen LogP contribution in [-0.4, -0.2) is 50.2 Å². The second kappa shape index (κ2) is 6.16. The van der Waals surface area contributed by atoms with Gasteiger partial charge >= 0.3 is 0 Å². The van der Waals surface area contributed by atoms with E-state index in [0.717, 1.165) is 25.5 Å². The van der Waals surface area contributed by atoms with Crippen molar-refractivity contribution in [3.05, 3.63) is 23.9 Å². The minimum atomic E-state index is 0.602. The molecule has 1 fully saturated rings. The van der Waals surface area contributed by atoms with Crippen LogP contribution in [0.5, 0.6) is 0 Å². The molecule has 1 aromatic heterocycles. The van der Waals surface area contributed by atoms with Crippen LogP contribution in [0.1, 0.15) is 18.4 Å². The quantitative estimate of drug-likeness (QED) is 0.852. The SMILES string of the molecule is CNCc1cccnc1N1CCCC1CN(C)C. The first-order valence-electron chi connectivity index (χ1n) is 6.72. The Balaban J connectivity index is 2.18. The molecular weight excluding hydrogens is 224 g/mol. The Labute approximate surface area is 110 Å². The van der Waals surface area contributed by atoms with E-state index < -0.39 is 0 Å². The smallest absolute Gasteiger partial charge is 0.133 e. The van der Waals surface area contributed by atoms with Gasteiger partial charge in [0.15, 0.2) is 0 Å². The number of nitrogens with zero attached hydrogens (tertiary/aromatic N) is 3. The predicted octanol–water partition coefficient (Wildman–Crippen LogP) is 1.33. The Hall–Kier alpha value is -1.13. The van der Waals surface area contributed by atoms with Crippen molar-refractivity contribution in [3.8, 4) is 0 Å². The number of pyridine rings is 1. The lowest BCUT2D eigenvalue weighted by molar-refractivity contribution is 0.371. The third kappa shape index (κ3) is 3.00. The van der Waals surface area contributed by atoms with E-state index in [0.29, 0.717) is 6.04 Å². The van der Waals surface area contributed by atoms with Crippen LogP contribution < -0.4 is 10.2 Å². The van der Waals surface area contributed by atoms with Crippen molar-refractivity contribution >= 4 is 5.82 Å². The number of likely N-dealkylation sites (N-methyl/N-ethyl adjacent to an activating group) is 1. The van der Waals surface area contributed by atoms with Gasteiger partial charge in [-0.2, -0.15) is 0 Å². The maximum Gasteiger partial charge on any atom is 0.133 e. The normalized spacial score (nSPS) is 19.8. The Morgan fingerprint density at radius 2 is 2.33 bits per heavy atom. The van der Waals surface area contributed by atoms with Gasteiger partial charge in [-0.3, -0.25) is 0 Å². The number of nitrogens with one attached hydrogen (secondary N) is 1. The summed E-state index contributed by atoms with van der Waals surface area (Å²) in [6, 6.07) is 4.79. The molecule has 2 rings (SSSR count). The highest BCUT2D eigenvalue weighted by molar-refractivity contribution is 5.48. The highest BCUT2D eigenvalue weighted by atomic mass is 15.3. The van der Waals surface area contributed by atoms with Crippen molar-refractivity contribution in [2.75, 3.05) is 39.1 Å². The number of rotatable bonds is 5. The summed E-state index contributed by atoms with van der Waals surface area (Å²) in [5, 5.41) is 3.23. The fraction of sp³-hybridized carbons (Fsp3) is 0.643. The first-order chi connectivity index (χ1) is 8.72. The summed E-state index contributed by atoms with van der Waals surface area (Å²) in [6.45, 7) is 3.12. The summed E-state index contributed by atoms with van der Waals surface area (Å²) in [6.07, 6.45) is 4.45. The number of anilines is 1. The largest absolute Gasteiger partial charge is 0.352 e. The number of hydrogen-bond acceptors (Lipinski definition) is 4. The molecule has 1 aliphatic heterocycles. The maximum absolute atomic E-state index is 4.60. The van der Waals surface area contributed by atoms with Crippen molar-refractivity contribution in [1.82, 2.24) is 15.2 Å². The molecule has 2 heterocycles. The van der Waals surface area contributed by atoms with Gasteiger partial charge in [-0.05, 0) is 40.1 Å². The van der Waals surface area contributed by atoms with E-state index in [1.54, 1.807) is 0 Å². The third-order valence-electron chi connectivity index (χ3n) is 3.46. The molecule has 0 bridgehead atoms. The molecule has 0 aromatic carbocycles. The lowest BCUT2D eigenvalue weighted by atomic mass is 10.2. The van der Waals surface area contributed by atoms with Crippen molar-refractivity contribution in [1.29, 1.82) is 0 Å². The standard InChI is InChI=1S/C14H24N4/c1-15-10-12-6-4-8-16-14(12)18-9-5-7-13(18)11-17(2)3/h4,6,8,13,15H,5,7,9-11H2,1-3H3. The molecule has 1 aromatic rings. The molecular formula is C14H24N4. The molecule has 1 atom stereocenters. The van der Waals surface area contributed by atoms with Crippen LogP contribution in [0.15, 0.2) is 18.3 Å². The molecule has 1 saturated heterocycles. The van der Waals surface area contributed by atoms with E-state index in [4.69, 9.17) is 0 Å². The Morgan fingerprint density at radius 3 is 3.06 bits per heavy atom. The molecule has 1 unspecified atom stereocenters. The molecule has 4 nitrogen and oxygen atoms in total. The van der Waals surface area contributed by atoms with E-state index in [9.17, 15) is 0 Å². The molecule has 0 radical (unpaired) electrons. The van der Waals surface area contributed by atoms with Crippen LogP contribution in [0.3, 0.4) is 0 Å². The molecule has 0 aliphatic carbocycles. The lowest BCUT2D eigenvalue weighted by Crippen LogP contribution is -2.38. The molecule has 1 aliphatic rings. The summed E-state index contributed by atoms with van der Waals surface area (Å²) >= 11 is 0. The van der Waals surface area contributed by atoms with E-state index >= 15 is 0 Å². The number of aromatic nitrogens is 1. The molecule has 0 spiro atoms. The van der Waals surface area contributed by atoms with Crippen molar-refractivity contribution < 1.29 is 0 Å². The minimum absolute atomic E-state index is 0.602. The van der Waals surface area contributed by atoms with E-state index in [-0.39, 0.29) is 0 Å². The summed E-state index contributed by atoms with van der Waals surface area (Å²) in [4.78, 5) is 9.35. The van der Waals surface area contributed by atoms with Gasteiger partial charge in [0.2, 0.25) is 0 Å². The van der Waals surface area contributed by atoms with Crippen LogP contribution >= 0.6 is 0 Å². The van der Waals surface area contributed by atoms with E-state index in [2.05, 4.69) is 40.3 Å². The van der Waals surface area contributed by atoms with Gasteiger partial charge in [-0.25, -0.2) is 4.98 Å². The summed E-state index contributed by atoms with van der Waals surface area (Å²) in [5.41, 5.74) is 1.30. The molecule has 100 valence electrons. The van der Waals surface area contributed by atoms with Crippen molar-refractivity contribution in [3.63, 3.8) is 0 Å². The lowest BCUT2D eigenvalue weighted by Gasteiger charge is -2.29. The Bertz CT molecular complexity index is 378. The van der Waals surface area contributed by atoms with Gasteiger partial charge in [0.25, 0.3) is 0 Å². The maximum atomic E-state index is 4.60. The van der Waals surface area contributed by atoms with Crippen molar-refractivity contribution in [2.24, 2.45) is 0 Å². The van der Waals surface area contributed by atoms with Gasteiger partial charge in [0, 0.05) is 37.4 Å². The first-order valence-corrected chi connectivity index (χ1v) is 6.72. The van der Waals surface area contributed by atoms with Crippen LogP contribution in [0, 0.1) is 0 Å². The van der Waals surface area contributed by atoms with Gasteiger partial charge in [-0.15, -0.1) is 0 Å². The minimum Gasteiger partial charge on any atom is -0.352 e. The zero-order valence-electron chi connectivity index (χ0n) is 11.7. The fourth-order valence-electron chi connectivity index (χ4n) is 2.74. The van der Waals surface area contributed by atoms with Gasteiger partial charge < -0.3 is 15.1 Å². The average molecular weight is 248 g/mol. The van der Waals surface area contributed by atoms with Crippen molar-refractivity contribution in [2.45, 2.75) is 25.4 Å². The second-order valence-corrected chi connectivity index (χ2v) is 5.27. The van der Waals surface area contributed by atoms with Crippen LogP contribution in [0.25, 0.3) is 0 Å².